The van der Waals surface area contributed by atoms with Crippen LogP contribution in [0.25, 0.3) is 0 Å². The summed E-state index contributed by atoms with van der Waals surface area (Å²) in [6.45, 7) is 1.80. The molecule has 0 unspecified atom stereocenters. The van der Waals surface area contributed by atoms with Gasteiger partial charge in [0.15, 0.2) is 0 Å². The summed E-state index contributed by atoms with van der Waals surface area (Å²) in [4.78, 5) is 27.5. The first-order valence-electron chi connectivity index (χ1n) is 8.75. The minimum absolute atomic E-state index is 0.0420. The molecule has 3 rings (SSSR count). The van der Waals surface area contributed by atoms with E-state index in [2.05, 4.69) is 15.9 Å². The lowest BCUT2D eigenvalue weighted by Gasteiger charge is -2.36. The number of anilines is 1. The number of amides is 1. The molecule has 8 nitrogen and oxygen atoms in total. The van der Waals surface area contributed by atoms with E-state index in [4.69, 9.17) is 21.1 Å². The van der Waals surface area contributed by atoms with Crippen molar-refractivity contribution in [2.75, 3.05) is 45.3 Å². The van der Waals surface area contributed by atoms with Gasteiger partial charge in [0, 0.05) is 42.8 Å². The van der Waals surface area contributed by atoms with Crippen molar-refractivity contribution in [3.05, 3.63) is 55.5 Å². The van der Waals surface area contributed by atoms with Crippen LogP contribution in [0.2, 0.25) is 5.02 Å². The smallest absolute Gasteiger partial charge is 0.294 e. The third kappa shape index (κ3) is 4.40. The van der Waals surface area contributed by atoms with Gasteiger partial charge in [-0.25, -0.2) is 0 Å². The van der Waals surface area contributed by atoms with Gasteiger partial charge in [-0.3, -0.25) is 14.9 Å². The number of hydrogen-bond acceptors (Lipinski definition) is 6. The second kappa shape index (κ2) is 8.87. The molecule has 0 saturated carbocycles. The number of carbonyl (C=O) groups excluding carboxylic acids is 1. The lowest BCUT2D eigenvalue weighted by atomic mass is 10.1. The third-order valence-electron chi connectivity index (χ3n) is 4.73. The van der Waals surface area contributed by atoms with Crippen LogP contribution in [0.15, 0.2) is 34.8 Å². The lowest BCUT2D eigenvalue weighted by molar-refractivity contribution is -0.384. The maximum Gasteiger partial charge on any atom is 0.294 e. The fourth-order valence-electron chi connectivity index (χ4n) is 3.24. The number of nitro groups is 1. The summed E-state index contributed by atoms with van der Waals surface area (Å²) in [7, 11) is 3.04. The fraction of sp³-hybridized carbons (Fsp3) is 0.316. The molecule has 2 aromatic rings. The molecule has 0 aromatic heterocycles. The first-order valence-corrected chi connectivity index (χ1v) is 9.92. The van der Waals surface area contributed by atoms with E-state index >= 15 is 0 Å². The van der Waals surface area contributed by atoms with Gasteiger partial charge in [0.05, 0.1) is 19.1 Å². The number of benzene rings is 2. The third-order valence-corrected chi connectivity index (χ3v) is 5.75. The van der Waals surface area contributed by atoms with E-state index in [1.807, 2.05) is 4.90 Å². The molecule has 29 heavy (non-hydrogen) atoms. The van der Waals surface area contributed by atoms with Gasteiger partial charge < -0.3 is 19.3 Å². The van der Waals surface area contributed by atoms with E-state index < -0.39 is 4.92 Å². The van der Waals surface area contributed by atoms with E-state index in [0.717, 1.165) is 0 Å². The zero-order valence-corrected chi connectivity index (χ0v) is 18.2. The Bertz CT molecular complexity index is 922. The summed E-state index contributed by atoms with van der Waals surface area (Å²) in [5.41, 5.74) is 0.908. The highest BCUT2D eigenvalue weighted by molar-refractivity contribution is 9.10. The number of piperazine rings is 1. The van der Waals surface area contributed by atoms with Crippen molar-refractivity contribution in [1.29, 1.82) is 0 Å². The summed E-state index contributed by atoms with van der Waals surface area (Å²) in [6.07, 6.45) is 0. The van der Waals surface area contributed by atoms with E-state index in [0.29, 0.717) is 58.4 Å². The molecule has 1 aliphatic rings. The van der Waals surface area contributed by atoms with Crippen LogP contribution in [0, 0.1) is 10.1 Å². The van der Waals surface area contributed by atoms with Gasteiger partial charge in [-0.15, -0.1) is 0 Å². The van der Waals surface area contributed by atoms with Gasteiger partial charge >= 0.3 is 0 Å². The molecule has 2 aromatic carbocycles. The van der Waals surface area contributed by atoms with Crippen molar-refractivity contribution < 1.29 is 19.2 Å². The van der Waals surface area contributed by atoms with Crippen LogP contribution < -0.4 is 14.4 Å². The van der Waals surface area contributed by atoms with Gasteiger partial charge in [0.25, 0.3) is 11.6 Å². The van der Waals surface area contributed by atoms with Gasteiger partial charge in [0.2, 0.25) is 0 Å². The molecule has 1 saturated heterocycles. The van der Waals surface area contributed by atoms with Gasteiger partial charge in [-0.1, -0.05) is 11.6 Å². The Morgan fingerprint density at radius 2 is 1.69 bits per heavy atom. The summed E-state index contributed by atoms with van der Waals surface area (Å²) in [5.74, 6) is 0.852. The minimum atomic E-state index is -0.445. The molecule has 1 heterocycles. The van der Waals surface area contributed by atoms with Gasteiger partial charge in [0.1, 0.15) is 21.7 Å². The average Bonchev–Trinajstić information content (AvgIpc) is 2.73. The van der Waals surface area contributed by atoms with Crippen molar-refractivity contribution in [2.45, 2.75) is 0 Å². The Hall–Kier alpha value is -2.52. The number of halogens is 2. The number of nitro benzene ring substituents is 1. The molecule has 1 fully saturated rings. The quantitative estimate of drug-likeness (QED) is 0.471. The van der Waals surface area contributed by atoms with Crippen LogP contribution in [0.1, 0.15) is 10.4 Å². The SMILES string of the molecule is COc1cc(C(=O)N2CCN(c3ccc(Cl)cc3[N+](=O)[O-])CC2)cc(OC)c1Br. The molecule has 0 atom stereocenters. The Morgan fingerprint density at radius 1 is 1.10 bits per heavy atom. The molecule has 1 amide bonds. The Morgan fingerprint density at radius 3 is 2.21 bits per heavy atom. The first kappa shape index (κ1) is 21.2. The van der Waals surface area contributed by atoms with E-state index in [9.17, 15) is 14.9 Å². The molecule has 154 valence electrons. The van der Waals surface area contributed by atoms with E-state index in [1.54, 1.807) is 29.2 Å². The highest BCUT2D eigenvalue weighted by Gasteiger charge is 2.27. The Kier molecular flexibility index (Phi) is 6.49. The van der Waals surface area contributed by atoms with Crippen molar-refractivity contribution in [2.24, 2.45) is 0 Å². The highest BCUT2D eigenvalue weighted by Crippen LogP contribution is 2.36. The maximum absolute atomic E-state index is 13.0. The van der Waals surface area contributed by atoms with Crippen molar-refractivity contribution in [1.82, 2.24) is 4.90 Å². The number of nitrogens with zero attached hydrogens (tertiary/aromatic N) is 3. The highest BCUT2D eigenvalue weighted by atomic mass is 79.9. The lowest BCUT2D eigenvalue weighted by Crippen LogP contribution is -2.49. The van der Waals surface area contributed by atoms with Crippen LogP contribution >= 0.6 is 27.5 Å². The summed E-state index contributed by atoms with van der Waals surface area (Å²) in [6, 6.07) is 7.93. The molecule has 0 bridgehead atoms. The molecule has 0 N–H and O–H groups in total. The zero-order chi connectivity index (χ0) is 21.1. The minimum Gasteiger partial charge on any atom is -0.495 e. The second-order valence-electron chi connectivity index (χ2n) is 6.36. The molecule has 10 heteroatoms. The molecule has 1 aliphatic heterocycles. The predicted molar refractivity (Wildman–Crippen MR) is 113 cm³/mol. The fourth-order valence-corrected chi connectivity index (χ4v) is 3.96. The van der Waals surface area contributed by atoms with Crippen LogP contribution in [0.5, 0.6) is 11.5 Å². The molecule has 0 radical (unpaired) electrons. The zero-order valence-electron chi connectivity index (χ0n) is 15.9. The molecular weight excluding hydrogens is 466 g/mol. The normalized spacial score (nSPS) is 13.9. The number of rotatable bonds is 5. The van der Waals surface area contributed by atoms with Crippen LogP contribution in [-0.2, 0) is 0 Å². The molecule has 0 spiro atoms. The maximum atomic E-state index is 13.0. The summed E-state index contributed by atoms with van der Waals surface area (Å²) < 4.78 is 11.2. The topological polar surface area (TPSA) is 85.2 Å². The number of carbonyl (C=O) groups is 1. The predicted octanol–water partition coefficient (Wildman–Crippen LogP) is 3.99. The monoisotopic (exact) mass is 483 g/mol. The first-order chi connectivity index (χ1) is 13.8. The van der Waals surface area contributed by atoms with Gasteiger partial charge in [-0.2, -0.15) is 0 Å². The van der Waals surface area contributed by atoms with Crippen molar-refractivity contribution in [3.8, 4) is 11.5 Å². The number of ether oxygens (including phenoxy) is 2. The van der Waals surface area contributed by atoms with E-state index in [-0.39, 0.29) is 11.6 Å². The summed E-state index contributed by atoms with van der Waals surface area (Å²) >= 11 is 9.29. The summed E-state index contributed by atoms with van der Waals surface area (Å²) in [5, 5.41) is 11.7. The van der Waals surface area contributed by atoms with Crippen molar-refractivity contribution in [3.63, 3.8) is 0 Å². The Balaban J connectivity index is 1.76. The number of hydrogen-bond donors (Lipinski definition) is 0. The van der Waals surface area contributed by atoms with Crippen LogP contribution in [0.4, 0.5) is 11.4 Å². The Labute approximate surface area is 181 Å². The second-order valence-corrected chi connectivity index (χ2v) is 7.59. The van der Waals surface area contributed by atoms with E-state index in [1.165, 1.54) is 20.3 Å². The number of methoxy groups -OCH3 is 2. The van der Waals surface area contributed by atoms with Gasteiger partial charge in [-0.05, 0) is 40.2 Å². The van der Waals surface area contributed by atoms with Crippen LogP contribution in [0.3, 0.4) is 0 Å². The van der Waals surface area contributed by atoms with Crippen molar-refractivity contribution >= 4 is 44.8 Å². The standard InChI is InChI=1S/C19H19BrClN3O5/c1-28-16-9-12(10-17(29-2)18(16)20)19(25)23-7-5-22(6-8-23)14-4-3-13(21)11-15(14)24(26)27/h3-4,9-11H,5-8H2,1-2H3. The largest absolute Gasteiger partial charge is 0.495 e. The average molecular weight is 485 g/mol. The molecular formula is C19H19BrClN3O5. The molecule has 0 aliphatic carbocycles. The van der Waals surface area contributed by atoms with Crippen LogP contribution in [-0.4, -0.2) is 56.1 Å².